The van der Waals surface area contributed by atoms with Crippen molar-refractivity contribution in [2.75, 3.05) is 36.2 Å². The van der Waals surface area contributed by atoms with Gasteiger partial charge in [0.15, 0.2) is 0 Å². The number of cyclic esters (lactones) is 2. The maximum atomic E-state index is 12.0. The molecule has 2 fully saturated rings. The fourth-order valence-electron chi connectivity index (χ4n) is 3.13. The summed E-state index contributed by atoms with van der Waals surface area (Å²) in [5, 5.41) is 0. The summed E-state index contributed by atoms with van der Waals surface area (Å²) in [6.45, 7) is 1.01. The van der Waals surface area contributed by atoms with Crippen LogP contribution in [0.25, 0.3) is 0 Å². The molecule has 8 heteroatoms. The fraction of sp³-hybridized carbons (Fsp3) is 0.882. The van der Waals surface area contributed by atoms with Crippen molar-refractivity contribution in [3.8, 4) is 0 Å². The summed E-state index contributed by atoms with van der Waals surface area (Å²) in [6.07, 6.45) is 5.28. The van der Waals surface area contributed by atoms with Gasteiger partial charge in [-0.3, -0.25) is 18.0 Å². The molecule has 2 aliphatic rings. The lowest BCUT2D eigenvalue weighted by Crippen LogP contribution is -2.26. The molecule has 4 unspecified atom stereocenters. The summed E-state index contributed by atoms with van der Waals surface area (Å²) in [7, 11) is -1.97. The molecule has 0 aromatic rings. The Morgan fingerprint density at radius 1 is 0.760 bits per heavy atom. The van der Waals surface area contributed by atoms with E-state index in [1.165, 1.54) is 0 Å². The van der Waals surface area contributed by atoms with Crippen LogP contribution in [0.1, 0.15) is 44.9 Å². The van der Waals surface area contributed by atoms with Crippen molar-refractivity contribution in [2.45, 2.75) is 44.9 Å². The first-order valence-corrected chi connectivity index (χ1v) is 12.1. The van der Waals surface area contributed by atoms with Gasteiger partial charge in [0.05, 0.1) is 25.0 Å². The lowest BCUT2D eigenvalue weighted by atomic mass is 9.99. The van der Waals surface area contributed by atoms with Crippen LogP contribution in [-0.2, 0) is 40.7 Å². The Morgan fingerprint density at radius 3 is 1.60 bits per heavy atom. The topological polar surface area (TPSA) is 86.7 Å². The molecule has 2 rings (SSSR count). The molecular weight excluding hydrogens is 364 g/mol. The summed E-state index contributed by atoms with van der Waals surface area (Å²) in [5.74, 6) is 1.49. The molecule has 144 valence electrons. The van der Waals surface area contributed by atoms with Crippen LogP contribution in [0.5, 0.6) is 0 Å². The first kappa shape index (κ1) is 20.6. The van der Waals surface area contributed by atoms with Gasteiger partial charge in [0.1, 0.15) is 0 Å². The van der Waals surface area contributed by atoms with Crippen LogP contribution in [0.2, 0.25) is 0 Å². The van der Waals surface area contributed by atoms with Gasteiger partial charge in [0.25, 0.3) is 0 Å². The zero-order chi connectivity index (χ0) is 18.1. The van der Waals surface area contributed by atoms with E-state index in [1.807, 2.05) is 0 Å². The largest absolute Gasteiger partial charge is 0.465 e. The molecular formula is C17H28O6S2. The third-order valence-corrected chi connectivity index (χ3v) is 7.55. The zero-order valence-corrected chi connectivity index (χ0v) is 16.2. The van der Waals surface area contributed by atoms with Crippen LogP contribution in [0.4, 0.5) is 0 Å². The average Bonchev–Trinajstić information content (AvgIpc) is 2.60. The first-order chi connectivity index (χ1) is 12.1. The van der Waals surface area contributed by atoms with Crippen LogP contribution in [0.3, 0.4) is 0 Å². The third kappa shape index (κ3) is 7.56. The molecule has 0 aliphatic carbocycles. The zero-order valence-electron chi connectivity index (χ0n) is 14.6. The predicted octanol–water partition coefficient (Wildman–Crippen LogP) is 1.56. The lowest BCUT2D eigenvalue weighted by molar-refractivity contribution is -0.153. The van der Waals surface area contributed by atoms with E-state index in [0.717, 1.165) is 25.7 Å². The van der Waals surface area contributed by atoms with Gasteiger partial charge >= 0.3 is 11.9 Å². The van der Waals surface area contributed by atoms with Gasteiger partial charge in [-0.25, -0.2) is 0 Å². The molecule has 2 heterocycles. The number of hydrogen-bond donors (Lipinski definition) is 0. The molecule has 0 aromatic carbocycles. The van der Waals surface area contributed by atoms with Gasteiger partial charge in [-0.05, 0) is 44.9 Å². The first-order valence-electron chi connectivity index (χ1n) is 9.09. The highest BCUT2D eigenvalue weighted by Gasteiger charge is 2.25. The average molecular weight is 393 g/mol. The van der Waals surface area contributed by atoms with Gasteiger partial charge in [-0.1, -0.05) is 0 Å². The SMILES string of the molecule is O=C1OCCCC1CCS(=O)CCCS(=O)CCC1CCCOC1=O. The second-order valence-electron chi connectivity index (χ2n) is 6.64. The van der Waals surface area contributed by atoms with E-state index in [2.05, 4.69) is 0 Å². The number of hydrogen-bond acceptors (Lipinski definition) is 6. The van der Waals surface area contributed by atoms with Crippen molar-refractivity contribution in [2.24, 2.45) is 11.8 Å². The minimum absolute atomic E-state index is 0.109. The summed E-state index contributed by atoms with van der Waals surface area (Å²) in [6, 6.07) is 0. The van der Waals surface area contributed by atoms with E-state index >= 15 is 0 Å². The summed E-state index contributed by atoms with van der Waals surface area (Å²) >= 11 is 0. The Balaban J connectivity index is 1.53. The molecule has 4 atom stereocenters. The minimum atomic E-state index is -0.983. The highest BCUT2D eigenvalue weighted by molar-refractivity contribution is 7.85. The van der Waals surface area contributed by atoms with Crippen LogP contribution >= 0.6 is 0 Å². The Bertz CT molecular complexity index is 463. The monoisotopic (exact) mass is 392 g/mol. The van der Waals surface area contributed by atoms with Gasteiger partial charge in [-0.15, -0.1) is 0 Å². The molecule has 0 spiro atoms. The summed E-state index contributed by atoms with van der Waals surface area (Å²) in [5.41, 5.74) is 0. The Morgan fingerprint density at radius 2 is 1.20 bits per heavy atom. The van der Waals surface area contributed by atoms with Crippen molar-refractivity contribution < 1.29 is 27.5 Å². The number of carbonyl (C=O) groups is 2. The Kier molecular flexibility index (Phi) is 9.09. The second kappa shape index (κ2) is 11.1. The molecule has 2 aliphatic heterocycles. The van der Waals surface area contributed by atoms with Crippen molar-refractivity contribution >= 4 is 33.5 Å². The smallest absolute Gasteiger partial charge is 0.308 e. The third-order valence-electron chi connectivity index (χ3n) is 4.68. The molecule has 0 aromatic heterocycles. The van der Waals surface area contributed by atoms with Gasteiger partial charge in [-0.2, -0.15) is 0 Å². The number of esters is 2. The van der Waals surface area contributed by atoms with E-state index in [9.17, 15) is 18.0 Å². The normalized spacial score (nSPS) is 26.6. The maximum Gasteiger partial charge on any atom is 0.308 e. The summed E-state index contributed by atoms with van der Waals surface area (Å²) < 4.78 is 34.1. The molecule has 25 heavy (non-hydrogen) atoms. The lowest BCUT2D eigenvalue weighted by Gasteiger charge is -2.20. The highest BCUT2D eigenvalue weighted by Crippen LogP contribution is 2.20. The molecule has 6 nitrogen and oxygen atoms in total. The molecule has 2 saturated heterocycles. The van der Waals surface area contributed by atoms with Crippen LogP contribution in [-0.4, -0.2) is 56.6 Å². The van der Waals surface area contributed by atoms with Crippen molar-refractivity contribution in [3.63, 3.8) is 0 Å². The van der Waals surface area contributed by atoms with Gasteiger partial charge in [0, 0.05) is 44.6 Å². The van der Waals surface area contributed by atoms with Crippen LogP contribution < -0.4 is 0 Å². The molecule has 0 amide bonds. The number of carbonyl (C=O) groups excluding carboxylic acids is 2. The molecule has 0 saturated carbocycles. The van der Waals surface area contributed by atoms with E-state index in [0.29, 0.717) is 55.5 Å². The number of rotatable bonds is 10. The van der Waals surface area contributed by atoms with Crippen LogP contribution in [0, 0.1) is 11.8 Å². The van der Waals surface area contributed by atoms with E-state index < -0.39 is 21.6 Å². The minimum Gasteiger partial charge on any atom is -0.465 e. The van der Waals surface area contributed by atoms with Gasteiger partial charge < -0.3 is 9.47 Å². The fourth-order valence-corrected chi connectivity index (χ4v) is 5.75. The maximum absolute atomic E-state index is 12.0. The number of ether oxygens (including phenoxy) is 2. The Labute approximate surface area is 154 Å². The van der Waals surface area contributed by atoms with Crippen molar-refractivity contribution in [1.82, 2.24) is 0 Å². The van der Waals surface area contributed by atoms with Crippen molar-refractivity contribution in [1.29, 1.82) is 0 Å². The molecule has 0 radical (unpaired) electrons. The highest BCUT2D eigenvalue weighted by atomic mass is 32.2. The quantitative estimate of drug-likeness (QED) is 0.525. The Hall–Kier alpha value is -0.760. The van der Waals surface area contributed by atoms with Crippen LogP contribution in [0.15, 0.2) is 0 Å². The molecule has 0 bridgehead atoms. The van der Waals surface area contributed by atoms with Gasteiger partial charge in [0.2, 0.25) is 0 Å². The second-order valence-corrected chi connectivity index (χ2v) is 10.0. The van der Waals surface area contributed by atoms with Crippen molar-refractivity contribution in [3.05, 3.63) is 0 Å². The van der Waals surface area contributed by atoms with E-state index in [1.54, 1.807) is 0 Å². The summed E-state index contributed by atoms with van der Waals surface area (Å²) in [4.78, 5) is 23.1. The van der Waals surface area contributed by atoms with E-state index in [4.69, 9.17) is 9.47 Å². The molecule has 0 N–H and O–H groups in total. The predicted molar refractivity (Wildman–Crippen MR) is 97.0 cm³/mol. The standard InChI is InChI=1S/C17H28O6S2/c18-16-14(4-1-8-22-16)6-12-24(20)10-3-11-25(21)13-7-15-5-2-9-23-17(15)19/h14-15H,1-13H2. The van der Waals surface area contributed by atoms with E-state index in [-0.39, 0.29) is 23.8 Å².